The molecule has 0 saturated heterocycles. The van der Waals surface area contributed by atoms with Crippen LogP contribution >= 0.6 is 22.9 Å². The van der Waals surface area contributed by atoms with Crippen LogP contribution in [0.5, 0.6) is 0 Å². The Morgan fingerprint density at radius 2 is 2.31 bits per heavy atom. The second kappa shape index (κ2) is 6.01. The average molecular weight is 259 g/mol. The normalized spacial score (nSPS) is 17.6. The van der Waals surface area contributed by atoms with Crippen molar-refractivity contribution in [2.75, 3.05) is 13.1 Å². The molecular formula is C12H19ClN2S. The highest BCUT2D eigenvalue weighted by Crippen LogP contribution is 2.33. The van der Waals surface area contributed by atoms with Crippen LogP contribution in [-0.4, -0.2) is 13.1 Å². The van der Waals surface area contributed by atoms with Gasteiger partial charge in [0.25, 0.3) is 0 Å². The Morgan fingerprint density at radius 3 is 2.88 bits per heavy atom. The molecule has 1 aliphatic carbocycles. The smallest absolute Gasteiger partial charge is 0.0931 e. The quantitative estimate of drug-likeness (QED) is 0.738. The van der Waals surface area contributed by atoms with Gasteiger partial charge in [-0.2, -0.15) is 0 Å². The zero-order chi connectivity index (χ0) is 11.4. The molecule has 0 bridgehead atoms. The summed E-state index contributed by atoms with van der Waals surface area (Å²) in [5, 5.41) is 3.51. The Hall–Kier alpha value is -0.0900. The first kappa shape index (κ1) is 12.4. The standard InChI is InChI=1S/C12H19ClN2S/c13-12-6-5-11(16-12)10(8-14)15-7-1-2-9-3-4-9/h5-6,9-10,15H,1-4,7-8,14H2. The van der Waals surface area contributed by atoms with Crippen LogP contribution in [0.2, 0.25) is 4.34 Å². The van der Waals surface area contributed by atoms with Gasteiger partial charge in [-0.15, -0.1) is 11.3 Å². The van der Waals surface area contributed by atoms with E-state index in [2.05, 4.69) is 11.4 Å². The van der Waals surface area contributed by atoms with Crippen LogP contribution < -0.4 is 11.1 Å². The van der Waals surface area contributed by atoms with Gasteiger partial charge in [0, 0.05) is 11.4 Å². The van der Waals surface area contributed by atoms with E-state index in [-0.39, 0.29) is 6.04 Å². The molecule has 0 radical (unpaired) electrons. The van der Waals surface area contributed by atoms with Crippen LogP contribution in [0.1, 0.15) is 36.6 Å². The summed E-state index contributed by atoms with van der Waals surface area (Å²) in [4.78, 5) is 1.25. The molecule has 1 fully saturated rings. The molecular weight excluding hydrogens is 240 g/mol. The van der Waals surface area contributed by atoms with Crippen LogP contribution in [0.3, 0.4) is 0 Å². The fourth-order valence-electron chi connectivity index (χ4n) is 1.89. The summed E-state index contributed by atoms with van der Waals surface area (Å²) in [7, 11) is 0. The van der Waals surface area contributed by atoms with E-state index in [1.165, 1.54) is 30.6 Å². The SMILES string of the molecule is NCC(NCCCC1CC1)c1ccc(Cl)s1. The molecule has 0 spiro atoms. The molecule has 1 atom stereocenters. The predicted octanol–water partition coefficient (Wildman–Crippen LogP) is 3.18. The van der Waals surface area contributed by atoms with Crippen molar-refractivity contribution < 1.29 is 0 Å². The summed E-state index contributed by atoms with van der Waals surface area (Å²) in [5.74, 6) is 1.02. The third-order valence-electron chi connectivity index (χ3n) is 3.05. The van der Waals surface area contributed by atoms with E-state index in [0.717, 1.165) is 16.8 Å². The molecule has 1 aromatic rings. The van der Waals surface area contributed by atoms with Crippen molar-refractivity contribution in [3.63, 3.8) is 0 Å². The molecule has 90 valence electrons. The Kier molecular flexibility index (Phi) is 4.65. The summed E-state index contributed by atoms with van der Waals surface area (Å²) in [6.45, 7) is 1.70. The summed E-state index contributed by atoms with van der Waals surface area (Å²) >= 11 is 7.54. The van der Waals surface area contributed by atoms with E-state index >= 15 is 0 Å². The largest absolute Gasteiger partial charge is 0.329 e. The van der Waals surface area contributed by atoms with Crippen LogP contribution in [-0.2, 0) is 0 Å². The molecule has 0 aliphatic heterocycles. The monoisotopic (exact) mass is 258 g/mol. The summed E-state index contributed by atoms with van der Waals surface area (Å²) in [6, 6.07) is 4.28. The topological polar surface area (TPSA) is 38.0 Å². The van der Waals surface area contributed by atoms with Gasteiger partial charge in [-0.1, -0.05) is 24.4 Å². The fourth-order valence-corrected chi connectivity index (χ4v) is 3.04. The predicted molar refractivity (Wildman–Crippen MR) is 71.1 cm³/mol. The van der Waals surface area contributed by atoms with E-state index in [1.54, 1.807) is 11.3 Å². The van der Waals surface area contributed by atoms with E-state index < -0.39 is 0 Å². The number of thiophene rings is 1. The maximum atomic E-state index is 5.92. The van der Waals surface area contributed by atoms with Gasteiger partial charge in [0.1, 0.15) is 0 Å². The lowest BCUT2D eigenvalue weighted by Gasteiger charge is -2.14. The molecule has 1 unspecified atom stereocenters. The van der Waals surface area contributed by atoms with Crippen molar-refractivity contribution in [2.45, 2.75) is 31.7 Å². The zero-order valence-corrected chi connectivity index (χ0v) is 11.0. The molecule has 2 rings (SSSR count). The molecule has 0 amide bonds. The van der Waals surface area contributed by atoms with Gasteiger partial charge in [-0.05, 0) is 37.4 Å². The van der Waals surface area contributed by atoms with Gasteiger partial charge in [-0.25, -0.2) is 0 Å². The highest BCUT2D eigenvalue weighted by Gasteiger charge is 2.20. The lowest BCUT2D eigenvalue weighted by atomic mass is 10.2. The Bertz CT molecular complexity index is 323. The Labute approximate surface area is 106 Å². The molecule has 4 heteroatoms. The minimum absolute atomic E-state index is 0.275. The number of hydrogen-bond acceptors (Lipinski definition) is 3. The number of nitrogens with two attached hydrogens (primary N) is 1. The van der Waals surface area contributed by atoms with Gasteiger partial charge in [-0.3, -0.25) is 0 Å². The maximum Gasteiger partial charge on any atom is 0.0931 e. The number of nitrogens with one attached hydrogen (secondary N) is 1. The molecule has 1 saturated carbocycles. The van der Waals surface area contributed by atoms with Crippen molar-refractivity contribution >= 4 is 22.9 Å². The Balaban J connectivity index is 1.71. The van der Waals surface area contributed by atoms with Gasteiger partial charge >= 0.3 is 0 Å². The van der Waals surface area contributed by atoms with Gasteiger partial charge in [0.2, 0.25) is 0 Å². The van der Waals surface area contributed by atoms with Gasteiger partial charge in [0.15, 0.2) is 0 Å². The van der Waals surface area contributed by atoms with Crippen molar-refractivity contribution in [3.8, 4) is 0 Å². The van der Waals surface area contributed by atoms with Crippen molar-refractivity contribution in [1.29, 1.82) is 0 Å². The van der Waals surface area contributed by atoms with Crippen molar-refractivity contribution in [3.05, 3.63) is 21.3 Å². The first-order chi connectivity index (χ1) is 7.79. The molecule has 1 aliphatic rings. The molecule has 16 heavy (non-hydrogen) atoms. The zero-order valence-electron chi connectivity index (χ0n) is 9.42. The number of hydrogen-bond donors (Lipinski definition) is 2. The first-order valence-electron chi connectivity index (χ1n) is 5.98. The highest BCUT2D eigenvalue weighted by molar-refractivity contribution is 7.16. The lowest BCUT2D eigenvalue weighted by Crippen LogP contribution is -2.28. The minimum atomic E-state index is 0.275. The van der Waals surface area contributed by atoms with Crippen LogP contribution in [0.25, 0.3) is 0 Å². The minimum Gasteiger partial charge on any atom is -0.329 e. The van der Waals surface area contributed by atoms with E-state index in [9.17, 15) is 0 Å². The van der Waals surface area contributed by atoms with E-state index in [1.807, 2.05) is 6.07 Å². The van der Waals surface area contributed by atoms with E-state index in [4.69, 9.17) is 17.3 Å². The summed E-state index contributed by atoms with van der Waals surface area (Å²) in [6.07, 6.45) is 5.53. The second-order valence-corrected chi connectivity index (χ2v) is 6.22. The van der Waals surface area contributed by atoms with E-state index in [0.29, 0.717) is 6.54 Å². The van der Waals surface area contributed by atoms with Crippen LogP contribution in [0, 0.1) is 5.92 Å². The molecule has 2 nitrogen and oxygen atoms in total. The maximum absolute atomic E-state index is 5.92. The lowest BCUT2D eigenvalue weighted by molar-refractivity contribution is 0.517. The van der Waals surface area contributed by atoms with Crippen molar-refractivity contribution in [2.24, 2.45) is 11.7 Å². The number of rotatable bonds is 7. The number of halogens is 1. The summed E-state index contributed by atoms with van der Waals surface area (Å²) in [5.41, 5.74) is 5.77. The Morgan fingerprint density at radius 1 is 1.50 bits per heavy atom. The van der Waals surface area contributed by atoms with Crippen molar-refractivity contribution in [1.82, 2.24) is 5.32 Å². The molecule has 3 N–H and O–H groups in total. The highest BCUT2D eigenvalue weighted by atomic mass is 35.5. The van der Waals surface area contributed by atoms with Gasteiger partial charge < -0.3 is 11.1 Å². The third kappa shape index (κ3) is 3.74. The average Bonchev–Trinajstić information content (AvgIpc) is 3.01. The third-order valence-corrected chi connectivity index (χ3v) is 4.39. The van der Waals surface area contributed by atoms with Crippen LogP contribution in [0.4, 0.5) is 0 Å². The molecule has 1 heterocycles. The van der Waals surface area contributed by atoms with Gasteiger partial charge in [0.05, 0.1) is 10.4 Å². The second-order valence-electron chi connectivity index (χ2n) is 4.47. The first-order valence-corrected chi connectivity index (χ1v) is 7.17. The van der Waals surface area contributed by atoms with Crippen LogP contribution in [0.15, 0.2) is 12.1 Å². The molecule has 1 aromatic heterocycles. The fraction of sp³-hybridized carbons (Fsp3) is 0.667. The summed E-state index contributed by atoms with van der Waals surface area (Å²) < 4.78 is 0.841. The molecule has 0 aromatic carbocycles.